The molecular weight excluding hydrogens is 460 g/mol. The Labute approximate surface area is 206 Å². The molecule has 2 saturated carbocycles. The summed E-state index contributed by atoms with van der Waals surface area (Å²) in [7, 11) is -3.60. The van der Waals surface area contributed by atoms with Gasteiger partial charge in [-0.1, -0.05) is 0 Å². The van der Waals surface area contributed by atoms with Gasteiger partial charge in [-0.05, 0) is 92.8 Å². The number of aryl methyl sites for hydroxylation is 1. The molecule has 182 valence electrons. The minimum Gasteiger partial charge on any atom is -0.331 e. The summed E-state index contributed by atoms with van der Waals surface area (Å²) in [4.78, 5) is 24.6. The number of hydrogen-bond acceptors (Lipinski definition) is 5. The average Bonchev–Trinajstić information content (AvgIpc) is 3.49. The van der Waals surface area contributed by atoms with Crippen LogP contribution in [0, 0.1) is 12.8 Å². The number of imidazole rings is 1. The number of hydrogen-bond donors (Lipinski definition) is 0. The summed E-state index contributed by atoms with van der Waals surface area (Å²) in [6, 6.07) is 8.07. The van der Waals surface area contributed by atoms with Crippen molar-refractivity contribution >= 4 is 15.7 Å². The summed E-state index contributed by atoms with van der Waals surface area (Å²) >= 11 is 0. The number of nitrogens with zero attached hydrogens (tertiary/aromatic N) is 4. The molecule has 0 unspecified atom stereocenters. The summed E-state index contributed by atoms with van der Waals surface area (Å²) in [5, 5.41) is 0. The molecule has 7 nitrogen and oxygen atoms in total. The van der Waals surface area contributed by atoms with Crippen LogP contribution in [-0.4, -0.2) is 46.1 Å². The molecule has 0 N–H and O–H groups in total. The van der Waals surface area contributed by atoms with E-state index >= 15 is 0 Å². The molecule has 3 heterocycles. The summed E-state index contributed by atoms with van der Waals surface area (Å²) in [6.45, 7) is 4.52. The molecule has 1 amide bonds. The van der Waals surface area contributed by atoms with Crippen LogP contribution in [0.25, 0.3) is 22.6 Å². The third-order valence-corrected chi connectivity index (χ3v) is 8.96. The Morgan fingerprint density at radius 2 is 1.86 bits per heavy atom. The first-order valence-corrected chi connectivity index (χ1v) is 14.3. The standard InChI is InChI=1S/C27H30N4O3S/c1-16-14-31(22-5-4-6-22)26(29-16)23-12-19(9-10-28-23)20-11-21-15-30(17(2)18-7-8-18)27(32)25(21)24(13-20)35(3,33)34/h9-14,17-18,22H,4-8,15H2,1-3H3/t17-/m0/s1. The molecule has 1 atom stereocenters. The largest absolute Gasteiger partial charge is 0.331 e. The molecule has 6 rings (SSSR count). The Morgan fingerprint density at radius 1 is 1.09 bits per heavy atom. The average molecular weight is 491 g/mol. The zero-order valence-corrected chi connectivity index (χ0v) is 21.2. The van der Waals surface area contributed by atoms with Crippen molar-refractivity contribution in [2.45, 2.75) is 69.5 Å². The van der Waals surface area contributed by atoms with Crippen LogP contribution in [0.1, 0.15) is 66.7 Å². The van der Waals surface area contributed by atoms with E-state index in [0.29, 0.717) is 24.1 Å². The van der Waals surface area contributed by atoms with E-state index in [0.717, 1.165) is 59.6 Å². The maximum atomic E-state index is 13.3. The summed E-state index contributed by atoms with van der Waals surface area (Å²) < 4.78 is 27.8. The van der Waals surface area contributed by atoms with Crippen LogP contribution < -0.4 is 0 Å². The quantitative estimate of drug-likeness (QED) is 0.495. The molecule has 0 spiro atoms. The first kappa shape index (κ1) is 22.5. The van der Waals surface area contributed by atoms with Crippen LogP contribution in [0.2, 0.25) is 0 Å². The second-order valence-corrected chi connectivity index (χ2v) is 12.4. The van der Waals surface area contributed by atoms with E-state index in [2.05, 4.69) is 22.7 Å². The summed E-state index contributed by atoms with van der Waals surface area (Å²) in [6.07, 6.45) is 10.8. The van der Waals surface area contributed by atoms with E-state index in [4.69, 9.17) is 4.98 Å². The topological polar surface area (TPSA) is 85.2 Å². The smallest absolute Gasteiger partial charge is 0.256 e. The Hall–Kier alpha value is -3.00. The van der Waals surface area contributed by atoms with Crippen molar-refractivity contribution in [3.05, 3.63) is 53.5 Å². The lowest BCUT2D eigenvalue weighted by Gasteiger charge is -2.28. The van der Waals surface area contributed by atoms with Crippen molar-refractivity contribution in [3.63, 3.8) is 0 Å². The number of carbonyl (C=O) groups is 1. The van der Waals surface area contributed by atoms with Gasteiger partial charge in [-0.15, -0.1) is 0 Å². The third-order valence-electron chi connectivity index (χ3n) is 7.84. The third kappa shape index (κ3) is 3.88. The number of fused-ring (bicyclic) bond motifs is 1. The van der Waals surface area contributed by atoms with Gasteiger partial charge in [-0.25, -0.2) is 13.4 Å². The van der Waals surface area contributed by atoms with Gasteiger partial charge in [0.2, 0.25) is 0 Å². The summed E-state index contributed by atoms with van der Waals surface area (Å²) in [5.41, 5.74) is 4.49. The SMILES string of the molecule is Cc1cn(C2CCC2)c(-c2cc(-c3cc4c(c(S(C)(=O)=O)c3)C(=O)N([C@@H](C)C3CC3)C4)ccn2)n1. The Bertz CT molecular complexity index is 1450. The maximum absolute atomic E-state index is 13.3. The molecule has 0 radical (unpaired) electrons. The fourth-order valence-electron chi connectivity index (χ4n) is 5.44. The van der Waals surface area contributed by atoms with Gasteiger partial charge in [0.05, 0.1) is 16.2 Å². The van der Waals surface area contributed by atoms with Crippen LogP contribution in [-0.2, 0) is 16.4 Å². The highest BCUT2D eigenvalue weighted by molar-refractivity contribution is 7.90. The molecule has 35 heavy (non-hydrogen) atoms. The molecule has 0 saturated heterocycles. The number of aromatic nitrogens is 3. The van der Waals surface area contributed by atoms with E-state index < -0.39 is 9.84 Å². The zero-order chi connectivity index (χ0) is 24.5. The van der Waals surface area contributed by atoms with Gasteiger partial charge in [0, 0.05) is 37.3 Å². The molecule has 8 heteroatoms. The zero-order valence-electron chi connectivity index (χ0n) is 20.4. The van der Waals surface area contributed by atoms with Crippen molar-refractivity contribution in [1.82, 2.24) is 19.4 Å². The van der Waals surface area contributed by atoms with Crippen molar-refractivity contribution in [1.29, 1.82) is 0 Å². The number of rotatable bonds is 6. The molecule has 2 aromatic heterocycles. The monoisotopic (exact) mass is 490 g/mol. The number of sulfone groups is 1. The highest BCUT2D eigenvalue weighted by atomic mass is 32.2. The number of benzene rings is 1. The van der Waals surface area contributed by atoms with E-state index in [-0.39, 0.29) is 16.8 Å². The van der Waals surface area contributed by atoms with Gasteiger partial charge in [-0.2, -0.15) is 0 Å². The van der Waals surface area contributed by atoms with Crippen LogP contribution in [0.5, 0.6) is 0 Å². The highest BCUT2D eigenvalue weighted by Gasteiger charge is 2.40. The second-order valence-electron chi connectivity index (χ2n) is 10.4. The Kier molecular flexibility index (Phi) is 5.14. The Balaban J connectivity index is 1.43. The minimum absolute atomic E-state index is 0.116. The lowest BCUT2D eigenvalue weighted by atomic mass is 9.92. The molecular formula is C27H30N4O3S. The van der Waals surface area contributed by atoms with E-state index in [1.165, 1.54) is 12.7 Å². The van der Waals surface area contributed by atoms with Crippen molar-refractivity contribution < 1.29 is 13.2 Å². The van der Waals surface area contributed by atoms with Crippen LogP contribution in [0.4, 0.5) is 0 Å². The fourth-order valence-corrected chi connectivity index (χ4v) is 6.37. The molecule has 3 aliphatic rings. The van der Waals surface area contributed by atoms with Gasteiger partial charge in [0.25, 0.3) is 5.91 Å². The van der Waals surface area contributed by atoms with Crippen LogP contribution >= 0.6 is 0 Å². The normalized spacial score (nSPS) is 19.1. The van der Waals surface area contributed by atoms with E-state index in [1.807, 2.05) is 30.0 Å². The predicted octanol–water partition coefficient (Wildman–Crippen LogP) is 4.80. The van der Waals surface area contributed by atoms with Gasteiger partial charge in [-0.3, -0.25) is 9.78 Å². The molecule has 3 aromatic rings. The van der Waals surface area contributed by atoms with Crippen molar-refractivity contribution in [2.75, 3.05) is 6.26 Å². The lowest BCUT2D eigenvalue weighted by Crippen LogP contribution is -2.35. The minimum atomic E-state index is -3.60. The second kappa shape index (κ2) is 8.01. The van der Waals surface area contributed by atoms with Crippen LogP contribution in [0.15, 0.2) is 41.6 Å². The maximum Gasteiger partial charge on any atom is 0.256 e. The van der Waals surface area contributed by atoms with Crippen LogP contribution in [0.3, 0.4) is 0 Å². The molecule has 1 aromatic carbocycles. The van der Waals surface area contributed by atoms with E-state index in [9.17, 15) is 13.2 Å². The summed E-state index contributed by atoms with van der Waals surface area (Å²) in [5.74, 6) is 1.19. The number of amides is 1. The van der Waals surface area contributed by atoms with Crippen molar-refractivity contribution in [2.24, 2.45) is 5.92 Å². The Morgan fingerprint density at radius 3 is 2.51 bits per heavy atom. The predicted molar refractivity (Wildman–Crippen MR) is 134 cm³/mol. The first-order valence-electron chi connectivity index (χ1n) is 12.4. The van der Waals surface area contributed by atoms with Gasteiger partial charge < -0.3 is 9.47 Å². The molecule has 2 aliphatic carbocycles. The fraction of sp³-hybridized carbons (Fsp3) is 0.444. The molecule has 2 fully saturated rings. The van der Waals surface area contributed by atoms with E-state index in [1.54, 1.807) is 12.3 Å². The van der Waals surface area contributed by atoms with Crippen molar-refractivity contribution in [3.8, 4) is 22.6 Å². The van der Waals surface area contributed by atoms with Gasteiger partial charge in [0.15, 0.2) is 15.7 Å². The van der Waals surface area contributed by atoms with Gasteiger partial charge in [0.1, 0.15) is 5.69 Å². The molecule has 1 aliphatic heterocycles. The highest BCUT2D eigenvalue weighted by Crippen LogP contribution is 2.41. The lowest BCUT2D eigenvalue weighted by molar-refractivity contribution is 0.0694. The number of carbonyl (C=O) groups excluding carboxylic acids is 1. The number of pyridine rings is 1. The first-order chi connectivity index (χ1) is 16.7. The molecule has 0 bridgehead atoms. The van der Waals surface area contributed by atoms with Gasteiger partial charge >= 0.3 is 0 Å².